The van der Waals surface area contributed by atoms with Gasteiger partial charge in [0.1, 0.15) is 34.2 Å². The third kappa shape index (κ3) is 20.5. The Morgan fingerprint density at radius 1 is 0.746 bits per heavy atom. The van der Waals surface area contributed by atoms with Gasteiger partial charge in [0, 0.05) is 26.2 Å². The van der Waals surface area contributed by atoms with E-state index >= 15 is 0 Å². The maximum absolute atomic E-state index is 12.2. The predicted octanol–water partition coefficient (Wildman–Crippen LogP) is 9.71. The van der Waals surface area contributed by atoms with Gasteiger partial charge in [-0.05, 0) is 121 Å². The molecule has 2 fully saturated rings. The van der Waals surface area contributed by atoms with E-state index in [4.69, 9.17) is 18.9 Å². The summed E-state index contributed by atoms with van der Waals surface area (Å²) in [5.74, 6) is 2.10. The third-order valence-corrected chi connectivity index (χ3v) is 9.17. The van der Waals surface area contributed by atoms with E-state index in [1.807, 2.05) is 77.9 Å². The average Bonchev–Trinajstić information content (AvgIpc) is 3.17. The number of methoxy groups -OCH3 is 2. The van der Waals surface area contributed by atoms with Crippen molar-refractivity contribution in [2.45, 2.75) is 105 Å². The van der Waals surface area contributed by atoms with Crippen molar-refractivity contribution in [3.8, 4) is 11.5 Å². The number of hydrogen-bond acceptors (Lipinski definition) is 12. The number of hydrogen-bond donors (Lipinski definition) is 1. The van der Waals surface area contributed by atoms with Crippen molar-refractivity contribution in [3.05, 3.63) is 83.3 Å². The van der Waals surface area contributed by atoms with Gasteiger partial charge in [0.15, 0.2) is 0 Å². The van der Waals surface area contributed by atoms with Gasteiger partial charge in [0.05, 0.1) is 31.7 Å². The van der Waals surface area contributed by atoms with Crippen LogP contribution in [-0.2, 0) is 28.5 Å². The quantitative estimate of drug-likeness (QED) is 0.0492. The van der Waals surface area contributed by atoms with E-state index < -0.39 is 23.1 Å². The number of nitrogens with zero attached hydrogens (tertiary/aromatic N) is 3. The van der Waals surface area contributed by atoms with Gasteiger partial charge in [-0.1, -0.05) is 47.6 Å². The van der Waals surface area contributed by atoms with Crippen molar-refractivity contribution >= 4 is 60.5 Å². The molecule has 2 amide bonds. The van der Waals surface area contributed by atoms with Crippen LogP contribution >= 0.6 is 28.7 Å². The van der Waals surface area contributed by atoms with Crippen LogP contribution in [0.25, 0.3) is 0 Å². The topological polar surface area (TPSA) is 142 Å². The summed E-state index contributed by atoms with van der Waals surface area (Å²) in [6, 6.07) is 15.7. The molecule has 0 aromatic heterocycles. The Morgan fingerprint density at radius 2 is 1.12 bits per heavy atom. The molecular weight excluding hydrogens is 841 g/mol. The Hall–Kier alpha value is -4.31. The molecule has 0 N–H and O–H groups in total. The molecule has 0 spiro atoms. The van der Waals surface area contributed by atoms with Crippen LogP contribution < -0.4 is 9.47 Å². The molecular formula is C43H62BBrN3O10S. The molecule has 13 nitrogen and oxygen atoms in total. The summed E-state index contributed by atoms with van der Waals surface area (Å²) in [6.07, 6.45) is 5.61. The number of benzene rings is 2. The van der Waals surface area contributed by atoms with E-state index in [2.05, 4.69) is 62.3 Å². The zero-order chi connectivity index (χ0) is 43.5. The van der Waals surface area contributed by atoms with Crippen LogP contribution in [0, 0.1) is 0 Å². The second kappa shape index (κ2) is 26.0. The van der Waals surface area contributed by atoms with Crippen molar-refractivity contribution < 1.29 is 47.6 Å². The molecule has 16 heteroatoms. The van der Waals surface area contributed by atoms with Crippen LogP contribution in [0.4, 0.5) is 9.59 Å². The SMILES string of the molecule is C.COC(=O)/C=C(\C)Oc1cccc(C2CCN(C(=O)OC(C)(C)C)CC2)c1.COC(=O)/C=C(\CBr)Oc1cccc(C2CCN(C(=O)OC(C)(C)C)CC2)c1.[B]=NS. The zero-order valence-corrected chi connectivity index (χ0v) is 37.6. The van der Waals surface area contributed by atoms with Gasteiger partial charge in [-0.25, -0.2) is 19.2 Å². The van der Waals surface area contributed by atoms with E-state index in [-0.39, 0.29) is 19.6 Å². The van der Waals surface area contributed by atoms with Gasteiger partial charge >= 0.3 is 48.9 Å². The van der Waals surface area contributed by atoms with Crippen molar-refractivity contribution in [1.82, 2.24) is 9.80 Å². The summed E-state index contributed by atoms with van der Waals surface area (Å²) in [4.78, 5) is 50.6. The normalized spacial score (nSPS) is 15.1. The molecule has 2 heterocycles. The summed E-state index contributed by atoms with van der Waals surface area (Å²) in [6.45, 7) is 15.6. The number of piperidine rings is 2. The third-order valence-electron chi connectivity index (χ3n) is 8.61. The number of ether oxygens (including phenoxy) is 6. The maximum atomic E-state index is 12.2. The molecule has 0 unspecified atom stereocenters. The Bertz CT molecular complexity index is 1730. The molecule has 0 saturated carbocycles. The first-order chi connectivity index (χ1) is 27.3. The van der Waals surface area contributed by atoms with Gasteiger partial charge in [0.2, 0.25) is 0 Å². The number of rotatable bonds is 9. The molecule has 325 valence electrons. The number of carbonyl (C=O) groups excluding carboxylic acids is 4. The van der Waals surface area contributed by atoms with Crippen LogP contribution in [0.5, 0.6) is 11.5 Å². The Morgan fingerprint density at radius 3 is 1.47 bits per heavy atom. The van der Waals surface area contributed by atoms with Crippen LogP contribution in [0.15, 0.2) is 76.5 Å². The first-order valence-corrected chi connectivity index (χ1v) is 20.5. The van der Waals surface area contributed by atoms with Crippen molar-refractivity contribution in [1.29, 1.82) is 0 Å². The zero-order valence-electron chi connectivity index (χ0n) is 35.1. The first-order valence-electron chi connectivity index (χ1n) is 19.0. The number of amides is 2. The second-order valence-electron chi connectivity index (χ2n) is 15.5. The van der Waals surface area contributed by atoms with Crippen LogP contribution in [0.3, 0.4) is 0 Å². The molecule has 1 radical (unpaired) electrons. The minimum absolute atomic E-state index is 0. The number of allylic oxidation sites excluding steroid dienone is 2. The van der Waals surface area contributed by atoms with E-state index in [1.54, 1.807) is 16.7 Å². The summed E-state index contributed by atoms with van der Waals surface area (Å²) in [5, 5.41) is 0.403. The average molecular weight is 904 g/mol. The minimum atomic E-state index is -0.482. The van der Waals surface area contributed by atoms with E-state index in [9.17, 15) is 19.2 Å². The monoisotopic (exact) mass is 902 g/mol. The molecule has 59 heavy (non-hydrogen) atoms. The molecule has 2 aliphatic heterocycles. The van der Waals surface area contributed by atoms with Crippen LogP contribution in [0.1, 0.15) is 105 Å². The number of carbonyl (C=O) groups is 4. The van der Waals surface area contributed by atoms with Crippen LogP contribution in [0.2, 0.25) is 0 Å². The summed E-state index contributed by atoms with van der Waals surface area (Å²) in [7, 11) is 6.99. The standard InChI is InChI=1S/C21H28BrNO5.C21H29NO5.CH4.BHNS/c1-21(2,3)28-20(25)23-10-8-15(9-11-23)16-6-5-7-17(12-16)27-18(14-22)13-19(24)26-4;1-15(13-19(23)25-5)26-18-8-6-7-17(14-18)16-9-11-22(12-10-16)20(24)27-21(2,3)4;;1-2-3/h5-7,12-13,15H,8-11,14H2,1-4H3;6-8,13-14,16H,9-12H2,1-5H3;1H4;3H/b18-13+;15-13+;;. The van der Waals surface area contributed by atoms with Crippen molar-refractivity contribution in [2.24, 2.45) is 4.30 Å². The van der Waals surface area contributed by atoms with E-state index in [0.29, 0.717) is 66.4 Å². The Kier molecular flexibility index (Phi) is 23.2. The summed E-state index contributed by atoms with van der Waals surface area (Å²) in [5.41, 5.74) is 1.37. The molecule has 2 aromatic rings. The van der Waals surface area contributed by atoms with Gasteiger partial charge in [-0.15, -0.1) is 0 Å². The molecule has 0 atom stereocenters. The second-order valence-corrected chi connectivity index (χ2v) is 16.3. The van der Waals surface area contributed by atoms with Gasteiger partial charge in [0.25, 0.3) is 0 Å². The molecule has 2 saturated heterocycles. The number of likely N-dealkylation sites (tertiary alicyclic amines) is 2. The number of halogens is 1. The number of esters is 2. The predicted molar refractivity (Wildman–Crippen MR) is 237 cm³/mol. The molecule has 0 bridgehead atoms. The molecule has 2 aliphatic rings. The molecule has 2 aromatic carbocycles. The Labute approximate surface area is 365 Å². The summed E-state index contributed by atoms with van der Waals surface area (Å²) < 4.78 is 34.4. The fourth-order valence-corrected chi connectivity index (χ4v) is 6.26. The van der Waals surface area contributed by atoms with Crippen molar-refractivity contribution in [2.75, 3.05) is 45.7 Å². The summed E-state index contributed by atoms with van der Waals surface area (Å²) >= 11 is 6.51. The van der Waals surface area contributed by atoms with Gasteiger partial charge in [-0.2, -0.15) is 0 Å². The first kappa shape index (κ1) is 52.7. The molecule has 0 aliphatic carbocycles. The Balaban J connectivity index is 0.000000545. The van der Waals surface area contributed by atoms with Crippen molar-refractivity contribution in [3.63, 3.8) is 0 Å². The van der Waals surface area contributed by atoms with Gasteiger partial charge < -0.3 is 38.2 Å². The van der Waals surface area contributed by atoms with E-state index in [1.165, 1.54) is 31.9 Å². The number of alkyl halides is 1. The fraction of sp³-hybridized carbons (Fsp3) is 0.535. The van der Waals surface area contributed by atoms with Gasteiger partial charge in [-0.3, -0.25) is 0 Å². The fourth-order valence-electron chi connectivity index (χ4n) is 5.99. The molecule has 4 rings (SSSR count). The van der Waals surface area contributed by atoms with E-state index in [0.717, 1.165) is 31.2 Å². The van der Waals surface area contributed by atoms with Crippen LogP contribution in [-0.4, -0.2) is 98.5 Å². The number of thiol groups is 1.